The average molecular weight is 275 g/mol. The molecule has 1 saturated heterocycles. The molecule has 1 aliphatic rings. The minimum Gasteiger partial charge on any atom is -0.352 e. The van der Waals surface area contributed by atoms with Gasteiger partial charge in [0.25, 0.3) is 0 Å². The molecule has 5 heteroatoms. The third kappa shape index (κ3) is 4.66. The van der Waals surface area contributed by atoms with E-state index in [-0.39, 0.29) is 18.3 Å². The van der Waals surface area contributed by atoms with Crippen molar-refractivity contribution in [2.75, 3.05) is 13.1 Å². The van der Waals surface area contributed by atoms with Crippen LogP contribution in [0.5, 0.6) is 0 Å². The lowest BCUT2D eigenvalue weighted by atomic mass is 10.1. The van der Waals surface area contributed by atoms with E-state index in [2.05, 4.69) is 23.6 Å². The molecule has 1 aliphatic heterocycles. The predicted octanol–water partition coefficient (Wildman–Crippen LogP) is 1.89. The highest BCUT2D eigenvalue weighted by Gasteiger charge is 2.15. The third-order valence-corrected chi connectivity index (χ3v) is 3.79. The number of carbonyl (C=O) groups is 1. The van der Waals surface area contributed by atoms with Crippen molar-refractivity contribution in [3.05, 3.63) is 21.9 Å². The predicted molar refractivity (Wildman–Crippen MR) is 74.0 cm³/mol. The molecule has 1 unspecified atom stereocenters. The Morgan fingerprint density at radius 3 is 3.00 bits per heavy atom. The Labute approximate surface area is 112 Å². The number of amides is 1. The second-order valence-corrected chi connectivity index (χ2v) is 5.67. The van der Waals surface area contributed by atoms with Crippen LogP contribution >= 0.6 is 23.7 Å². The van der Waals surface area contributed by atoms with E-state index in [1.165, 1.54) is 4.88 Å². The number of halogens is 1. The summed E-state index contributed by atoms with van der Waals surface area (Å²) in [6, 6.07) is 4.43. The molecule has 0 bridgehead atoms. The first-order chi connectivity index (χ1) is 7.74. The van der Waals surface area contributed by atoms with E-state index in [1.807, 2.05) is 6.07 Å². The lowest BCUT2D eigenvalue weighted by Gasteiger charge is -2.23. The fourth-order valence-corrected chi connectivity index (χ4v) is 2.88. The average Bonchev–Trinajstić information content (AvgIpc) is 2.65. The van der Waals surface area contributed by atoms with E-state index < -0.39 is 0 Å². The van der Waals surface area contributed by atoms with Gasteiger partial charge in [-0.05, 0) is 38.4 Å². The minimum absolute atomic E-state index is 0. The summed E-state index contributed by atoms with van der Waals surface area (Å²) >= 11 is 1.70. The maximum Gasteiger partial charge on any atom is 0.225 e. The fourth-order valence-electron chi connectivity index (χ4n) is 1.99. The first-order valence-corrected chi connectivity index (χ1v) is 6.61. The largest absolute Gasteiger partial charge is 0.352 e. The van der Waals surface area contributed by atoms with Gasteiger partial charge < -0.3 is 10.6 Å². The number of piperidine rings is 1. The lowest BCUT2D eigenvalue weighted by Crippen LogP contribution is -2.46. The van der Waals surface area contributed by atoms with Crippen LogP contribution < -0.4 is 10.6 Å². The van der Waals surface area contributed by atoms with Gasteiger partial charge in [-0.3, -0.25) is 4.79 Å². The van der Waals surface area contributed by atoms with Gasteiger partial charge >= 0.3 is 0 Å². The van der Waals surface area contributed by atoms with E-state index in [9.17, 15) is 4.79 Å². The Bertz CT molecular complexity index is 361. The van der Waals surface area contributed by atoms with Crippen molar-refractivity contribution in [3.63, 3.8) is 0 Å². The number of thiophene rings is 1. The van der Waals surface area contributed by atoms with E-state index in [4.69, 9.17) is 0 Å². The monoisotopic (exact) mass is 274 g/mol. The van der Waals surface area contributed by atoms with Crippen LogP contribution in [0.4, 0.5) is 0 Å². The highest BCUT2D eigenvalue weighted by Crippen LogP contribution is 2.15. The molecule has 1 fully saturated rings. The van der Waals surface area contributed by atoms with Gasteiger partial charge in [0.15, 0.2) is 0 Å². The Morgan fingerprint density at radius 1 is 1.59 bits per heavy atom. The maximum atomic E-state index is 11.8. The van der Waals surface area contributed by atoms with Crippen molar-refractivity contribution in [1.29, 1.82) is 0 Å². The molecule has 0 aromatic carbocycles. The second-order valence-electron chi connectivity index (χ2n) is 4.30. The minimum atomic E-state index is 0. The van der Waals surface area contributed by atoms with Gasteiger partial charge in [-0.1, -0.05) is 0 Å². The van der Waals surface area contributed by atoms with Gasteiger partial charge in [-0.25, -0.2) is 0 Å². The SMILES string of the molecule is Cc1ccc(CC(=O)NC2CCCNC2)s1.Cl. The van der Waals surface area contributed by atoms with Crippen molar-refractivity contribution in [2.45, 2.75) is 32.2 Å². The standard InChI is InChI=1S/C12H18N2OS.ClH/c1-9-4-5-11(16-9)7-12(15)14-10-3-2-6-13-8-10;/h4-5,10,13H,2-3,6-8H2,1H3,(H,14,15);1H. The van der Waals surface area contributed by atoms with Crippen LogP contribution in [0.25, 0.3) is 0 Å². The molecule has 17 heavy (non-hydrogen) atoms. The summed E-state index contributed by atoms with van der Waals surface area (Å²) in [7, 11) is 0. The Hall–Kier alpha value is -0.580. The summed E-state index contributed by atoms with van der Waals surface area (Å²) in [5.74, 6) is 0.149. The van der Waals surface area contributed by atoms with Gasteiger partial charge in [0.1, 0.15) is 0 Å². The molecule has 0 radical (unpaired) electrons. The van der Waals surface area contributed by atoms with Crippen molar-refractivity contribution >= 4 is 29.7 Å². The number of rotatable bonds is 3. The number of aryl methyl sites for hydroxylation is 1. The number of hydrogen-bond acceptors (Lipinski definition) is 3. The summed E-state index contributed by atoms with van der Waals surface area (Å²) in [4.78, 5) is 14.2. The summed E-state index contributed by atoms with van der Waals surface area (Å²) in [5, 5.41) is 6.38. The van der Waals surface area contributed by atoms with Gasteiger partial charge in [-0.2, -0.15) is 0 Å². The highest BCUT2D eigenvalue weighted by atomic mass is 35.5. The molecule has 2 N–H and O–H groups in total. The number of nitrogens with one attached hydrogen (secondary N) is 2. The molecule has 0 saturated carbocycles. The Kier molecular flexibility index (Phi) is 5.95. The fraction of sp³-hybridized carbons (Fsp3) is 0.583. The van der Waals surface area contributed by atoms with Crippen LogP contribution in [0.2, 0.25) is 0 Å². The molecular formula is C12H19ClN2OS. The summed E-state index contributed by atoms with van der Waals surface area (Å²) in [6.07, 6.45) is 2.78. The molecule has 0 aliphatic carbocycles. The molecule has 1 amide bonds. The van der Waals surface area contributed by atoms with Crippen LogP contribution in [0.3, 0.4) is 0 Å². The molecule has 2 heterocycles. The summed E-state index contributed by atoms with van der Waals surface area (Å²) < 4.78 is 0. The van der Waals surface area contributed by atoms with E-state index in [0.29, 0.717) is 12.5 Å². The topological polar surface area (TPSA) is 41.1 Å². The van der Waals surface area contributed by atoms with Crippen LogP contribution in [-0.2, 0) is 11.2 Å². The first kappa shape index (κ1) is 14.5. The van der Waals surface area contributed by atoms with Crippen LogP contribution in [0, 0.1) is 6.92 Å². The normalized spacial score (nSPS) is 19.5. The molecule has 1 atom stereocenters. The molecular weight excluding hydrogens is 256 g/mol. The van der Waals surface area contributed by atoms with E-state index >= 15 is 0 Å². The number of carbonyl (C=O) groups excluding carboxylic acids is 1. The number of hydrogen-bond donors (Lipinski definition) is 2. The van der Waals surface area contributed by atoms with Crippen LogP contribution in [0.15, 0.2) is 12.1 Å². The van der Waals surface area contributed by atoms with Crippen LogP contribution in [0.1, 0.15) is 22.6 Å². The summed E-state index contributed by atoms with van der Waals surface area (Å²) in [5.41, 5.74) is 0. The van der Waals surface area contributed by atoms with Crippen molar-refractivity contribution < 1.29 is 4.79 Å². The molecule has 1 aromatic rings. The Balaban J connectivity index is 0.00000144. The van der Waals surface area contributed by atoms with Crippen molar-refractivity contribution in [2.24, 2.45) is 0 Å². The third-order valence-electron chi connectivity index (χ3n) is 2.79. The first-order valence-electron chi connectivity index (χ1n) is 5.79. The van der Waals surface area contributed by atoms with Gasteiger partial charge in [0, 0.05) is 22.3 Å². The zero-order valence-electron chi connectivity index (χ0n) is 9.99. The molecule has 1 aromatic heterocycles. The Morgan fingerprint density at radius 2 is 2.41 bits per heavy atom. The summed E-state index contributed by atoms with van der Waals surface area (Å²) in [6.45, 7) is 4.06. The zero-order valence-corrected chi connectivity index (χ0v) is 11.6. The van der Waals surface area contributed by atoms with Crippen molar-refractivity contribution in [1.82, 2.24) is 10.6 Å². The van der Waals surface area contributed by atoms with Gasteiger partial charge in [0.2, 0.25) is 5.91 Å². The van der Waals surface area contributed by atoms with Crippen molar-refractivity contribution in [3.8, 4) is 0 Å². The molecule has 3 nitrogen and oxygen atoms in total. The van der Waals surface area contributed by atoms with E-state index in [1.54, 1.807) is 11.3 Å². The van der Waals surface area contributed by atoms with Gasteiger partial charge in [0.05, 0.1) is 6.42 Å². The second kappa shape index (κ2) is 6.99. The zero-order chi connectivity index (χ0) is 11.4. The molecule has 96 valence electrons. The quantitative estimate of drug-likeness (QED) is 0.884. The van der Waals surface area contributed by atoms with Gasteiger partial charge in [-0.15, -0.1) is 23.7 Å². The maximum absolute atomic E-state index is 11.8. The molecule has 2 rings (SSSR count). The molecule has 0 spiro atoms. The van der Waals surface area contributed by atoms with E-state index in [0.717, 1.165) is 30.8 Å². The van der Waals surface area contributed by atoms with Crippen LogP contribution in [-0.4, -0.2) is 25.0 Å². The lowest BCUT2D eigenvalue weighted by molar-refractivity contribution is -0.121. The highest BCUT2D eigenvalue weighted by molar-refractivity contribution is 7.12. The smallest absolute Gasteiger partial charge is 0.225 e.